The van der Waals surface area contributed by atoms with Crippen LogP contribution in [0.4, 0.5) is 0 Å². The van der Waals surface area contributed by atoms with E-state index < -0.39 is 11.0 Å². The van der Waals surface area contributed by atoms with Crippen LogP contribution in [0.1, 0.15) is 47.1 Å². The van der Waals surface area contributed by atoms with Gasteiger partial charge < -0.3 is 15.8 Å². The number of amides is 1. The van der Waals surface area contributed by atoms with E-state index in [4.69, 9.17) is 10.5 Å². The number of rotatable bonds is 7. The van der Waals surface area contributed by atoms with Gasteiger partial charge in [-0.1, -0.05) is 26.0 Å². The molecule has 0 saturated heterocycles. The number of nitrogens with two attached hydrogens (primary N) is 1. The number of benzene rings is 1. The fraction of sp³-hybridized carbons (Fsp3) is 0.611. The number of ether oxygens (including phenoxy) is 1. The summed E-state index contributed by atoms with van der Waals surface area (Å²) in [5.74, 6) is 1.29. The van der Waals surface area contributed by atoms with E-state index in [1.807, 2.05) is 52.0 Å². The Morgan fingerprint density at radius 2 is 1.73 bits per heavy atom. The van der Waals surface area contributed by atoms with Crippen LogP contribution in [0.15, 0.2) is 24.3 Å². The van der Waals surface area contributed by atoms with Crippen molar-refractivity contribution in [3.8, 4) is 5.75 Å². The molecular formula is C18H30N2O2. The van der Waals surface area contributed by atoms with E-state index in [0.29, 0.717) is 19.1 Å². The maximum atomic E-state index is 12.4. The van der Waals surface area contributed by atoms with Crippen LogP contribution < -0.4 is 15.8 Å². The number of hydrogen-bond acceptors (Lipinski definition) is 3. The van der Waals surface area contributed by atoms with Crippen LogP contribution in [0.25, 0.3) is 0 Å². The molecular weight excluding hydrogens is 276 g/mol. The molecule has 0 saturated carbocycles. The molecule has 1 rings (SSSR count). The van der Waals surface area contributed by atoms with Crippen LogP contribution in [-0.4, -0.2) is 24.6 Å². The van der Waals surface area contributed by atoms with Crippen LogP contribution in [0.5, 0.6) is 5.75 Å². The first-order valence-electron chi connectivity index (χ1n) is 7.83. The molecule has 0 radical (unpaired) electrons. The maximum Gasteiger partial charge on any atom is 0.230 e. The summed E-state index contributed by atoms with van der Waals surface area (Å²) < 4.78 is 5.67. The Morgan fingerprint density at radius 1 is 1.18 bits per heavy atom. The molecule has 0 aromatic heterocycles. The highest BCUT2D eigenvalue weighted by Crippen LogP contribution is 2.25. The summed E-state index contributed by atoms with van der Waals surface area (Å²) in [5.41, 5.74) is 5.84. The van der Waals surface area contributed by atoms with Crippen molar-refractivity contribution in [3.05, 3.63) is 29.8 Å². The van der Waals surface area contributed by atoms with Crippen LogP contribution in [0, 0.1) is 5.92 Å². The molecule has 1 aromatic carbocycles. The number of nitrogens with one attached hydrogen (secondary N) is 1. The van der Waals surface area contributed by atoms with E-state index in [1.165, 1.54) is 0 Å². The second-order valence-electron chi connectivity index (χ2n) is 7.53. The Hall–Kier alpha value is -1.55. The zero-order valence-electron chi connectivity index (χ0n) is 14.7. The zero-order chi connectivity index (χ0) is 17.0. The molecule has 1 amide bonds. The lowest BCUT2D eigenvalue weighted by atomic mass is 9.83. The number of hydrogen-bond donors (Lipinski definition) is 2. The fourth-order valence-electron chi connectivity index (χ4n) is 1.89. The molecule has 0 atom stereocenters. The Bertz CT molecular complexity index is 485. The second kappa shape index (κ2) is 7.14. The third kappa shape index (κ3) is 5.68. The molecule has 0 heterocycles. The Morgan fingerprint density at radius 3 is 2.18 bits per heavy atom. The minimum absolute atomic E-state index is 0.0260. The molecule has 0 bridgehead atoms. The van der Waals surface area contributed by atoms with Crippen LogP contribution in [-0.2, 0) is 10.2 Å². The van der Waals surface area contributed by atoms with Gasteiger partial charge in [-0.15, -0.1) is 0 Å². The fourth-order valence-corrected chi connectivity index (χ4v) is 1.89. The predicted octanol–water partition coefficient (Wildman–Crippen LogP) is 2.85. The molecule has 0 fully saturated rings. The first kappa shape index (κ1) is 18.5. The maximum absolute atomic E-state index is 12.4. The van der Waals surface area contributed by atoms with E-state index in [2.05, 4.69) is 19.2 Å². The Balaban J connectivity index is 2.73. The zero-order valence-corrected chi connectivity index (χ0v) is 14.7. The highest BCUT2D eigenvalue weighted by atomic mass is 16.5. The highest BCUT2D eigenvalue weighted by molar-refractivity contribution is 5.87. The Labute approximate surface area is 134 Å². The Kier molecular flexibility index (Phi) is 6.00. The van der Waals surface area contributed by atoms with Gasteiger partial charge in [0.15, 0.2) is 0 Å². The van der Waals surface area contributed by atoms with Crippen molar-refractivity contribution in [3.63, 3.8) is 0 Å². The summed E-state index contributed by atoms with van der Waals surface area (Å²) in [6, 6.07) is 7.73. The van der Waals surface area contributed by atoms with Gasteiger partial charge in [-0.3, -0.25) is 4.79 Å². The van der Waals surface area contributed by atoms with Gasteiger partial charge in [-0.2, -0.15) is 0 Å². The van der Waals surface area contributed by atoms with Gasteiger partial charge in [0, 0.05) is 12.1 Å². The van der Waals surface area contributed by atoms with Crippen molar-refractivity contribution in [2.45, 2.75) is 52.5 Å². The summed E-state index contributed by atoms with van der Waals surface area (Å²) >= 11 is 0. The monoisotopic (exact) mass is 306 g/mol. The topological polar surface area (TPSA) is 64.3 Å². The number of carbonyl (C=O) groups excluding carboxylic acids is 1. The minimum atomic E-state index is -0.609. The van der Waals surface area contributed by atoms with Gasteiger partial charge in [0.2, 0.25) is 5.91 Å². The van der Waals surface area contributed by atoms with Gasteiger partial charge in [-0.25, -0.2) is 0 Å². The first-order valence-corrected chi connectivity index (χ1v) is 7.83. The minimum Gasteiger partial charge on any atom is -0.493 e. The number of carbonyl (C=O) groups is 1. The lowest BCUT2D eigenvalue weighted by Gasteiger charge is -2.27. The highest BCUT2D eigenvalue weighted by Gasteiger charge is 2.30. The van der Waals surface area contributed by atoms with Gasteiger partial charge in [0.25, 0.3) is 0 Å². The SMILES string of the molecule is CC(C)COc1ccc(C(C)(C)C(=O)NCC(C)(C)N)cc1. The summed E-state index contributed by atoms with van der Waals surface area (Å²) in [7, 11) is 0. The third-order valence-electron chi connectivity index (χ3n) is 3.43. The second-order valence-corrected chi connectivity index (χ2v) is 7.53. The third-order valence-corrected chi connectivity index (χ3v) is 3.43. The van der Waals surface area contributed by atoms with E-state index in [0.717, 1.165) is 11.3 Å². The van der Waals surface area contributed by atoms with E-state index in [1.54, 1.807) is 0 Å². The molecule has 0 aliphatic rings. The van der Waals surface area contributed by atoms with Crippen LogP contribution in [0.3, 0.4) is 0 Å². The summed E-state index contributed by atoms with van der Waals surface area (Å²) in [4.78, 5) is 12.4. The standard InChI is InChI=1S/C18H30N2O2/c1-13(2)11-22-15-9-7-14(8-10-15)18(5,6)16(21)20-12-17(3,4)19/h7-10,13H,11-12,19H2,1-6H3,(H,20,21). The van der Waals surface area contributed by atoms with Crippen molar-refractivity contribution < 1.29 is 9.53 Å². The van der Waals surface area contributed by atoms with Gasteiger partial charge in [-0.05, 0) is 51.3 Å². The van der Waals surface area contributed by atoms with E-state index >= 15 is 0 Å². The molecule has 124 valence electrons. The lowest BCUT2D eigenvalue weighted by Crippen LogP contribution is -2.49. The average Bonchev–Trinajstić information content (AvgIpc) is 2.42. The molecule has 1 aromatic rings. The van der Waals surface area contributed by atoms with Crippen molar-refractivity contribution in [1.29, 1.82) is 0 Å². The molecule has 4 heteroatoms. The van der Waals surface area contributed by atoms with Crippen molar-refractivity contribution in [2.24, 2.45) is 11.7 Å². The predicted molar refractivity (Wildman–Crippen MR) is 91.1 cm³/mol. The molecule has 3 N–H and O–H groups in total. The van der Waals surface area contributed by atoms with Gasteiger partial charge in [0.1, 0.15) is 5.75 Å². The molecule has 0 unspecified atom stereocenters. The quantitative estimate of drug-likeness (QED) is 0.814. The van der Waals surface area contributed by atoms with Crippen molar-refractivity contribution >= 4 is 5.91 Å². The van der Waals surface area contributed by atoms with Crippen LogP contribution >= 0.6 is 0 Å². The van der Waals surface area contributed by atoms with Gasteiger partial charge in [0.05, 0.1) is 12.0 Å². The lowest BCUT2D eigenvalue weighted by molar-refractivity contribution is -0.125. The summed E-state index contributed by atoms with van der Waals surface area (Å²) in [5, 5.41) is 2.92. The van der Waals surface area contributed by atoms with Crippen LogP contribution in [0.2, 0.25) is 0 Å². The summed E-state index contributed by atoms with van der Waals surface area (Å²) in [6.07, 6.45) is 0. The molecule has 0 spiro atoms. The summed E-state index contributed by atoms with van der Waals surface area (Å²) in [6.45, 7) is 13.0. The first-order chi connectivity index (χ1) is 10.0. The molecule has 4 nitrogen and oxygen atoms in total. The average molecular weight is 306 g/mol. The van der Waals surface area contributed by atoms with E-state index in [9.17, 15) is 4.79 Å². The van der Waals surface area contributed by atoms with E-state index in [-0.39, 0.29) is 5.91 Å². The largest absolute Gasteiger partial charge is 0.493 e. The molecule has 22 heavy (non-hydrogen) atoms. The molecule has 0 aliphatic heterocycles. The normalized spacial score (nSPS) is 12.4. The van der Waals surface area contributed by atoms with Crippen molar-refractivity contribution in [2.75, 3.05) is 13.2 Å². The smallest absolute Gasteiger partial charge is 0.230 e. The van der Waals surface area contributed by atoms with Gasteiger partial charge >= 0.3 is 0 Å². The van der Waals surface area contributed by atoms with Crippen molar-refractivity contribution in [1.82, 2.24) is 5.32 Å². The molecule has 0 aliphatic carbocycles.